The molecule has 0 fully saturated rings. The number of methoxy groups -OCH3 is 1. The van der Waals surface area contributed by atoms with E-state index in [-0.39, 0.29) is 18.5 Å². The molecule has 0 aliphatic heterocycles. The SMILES string of the molecule is CC[C@H](C(=O)N[C@@H](C)CC)N(Cc1cccc(OC)c1)C(=O)CN(c1ccc(I)cc1)S(C)(=O)=O. The van der Waals surface area contributed by atoms with Crippen LogP contribution in [-0.4, -0.2) is 57.1 Å². The molecule has 35 heavy (non-hydrogen) atoms. The molecule has 0 spiro atoms. The summed E-state index contributed by atoms with van der Waals surface area (Å²) in [7, 11) is -2.20. The quantitative estimate of drug-likeness (QED) is 0.367. The first kappa shape index (κ1) is 28.9. The first-order chi connectivity index (χ1) is 16.5. The Morgan fingerprint density at radius 2 is 1.74 bits per heavy atom. The normalized spacial score (nSPS) is 13.0. The number of anilines is 1. The van der Waals surface area contributed by atoms with Crippen LogP contribution in [0.5, 0.6) is 5.75 Å². The van der Waals surface area contributed by atoms with Gasteiger partial charge in [0.2, 0.25) is 21.8 Å². The lowest BCUT2D eigenvalue weighted by molar-refractivity contribution is -0.140. The summed E-state index contributed by atoms with van der Waals surface area (Å²) in [4.78, 5) is 28.3. The van der Waals surface area contributed by atoms with E-state index in [4.69, 9.17) is 4.74 Å². The molecular formula is C25H34IN3O5S. The fraction of sp³-hybridized carbons (Fsp3) is 0.440. The molecule has 0 saturated heterocycles. The monoisotopic (exact) mass is 615 g/mol. The number of hydrogen-bond donors (Lipinski definition) is 1. The van der Waals surface area contributed by atoms with Gasteiger partial charge in [0.25, 0.3) is 0 Å². The van der Waals surface area contributed by atoms with Gasteiger partial charge in [-0.1, -0.05) is 26.0 Å². The summed E-state index contributed by atoms with van der Waals surface area (Å²) < 4.78 is 32.6. The molecule has 0 bridgehead atoms. The second kappa shape index (κ2) is 13.1. The lowest BCUT2D eigenvalue weighted by atomic mass is 10.1. The number of nitrogens with one attached hydrogen (secondary N) is 1. The number of ether oxygens (including phenoxy) is 1. The number of sulfonamides is 1. The van der Waals surface area contributed by atoms with Crippen LogP contribution in [0.15, 0.2) is 48.5 Å². The number of amides is 2. The molecule has 2 aromatic rings. The van der Waals surface area contributed by atoms with Gasteiger partial charge in [0.15, 0.2) is 0 Å². The molecule has 0 heterocycles. The maximum atomic E-state index is 13.7. The second-order valence-corrected chi connectivity index (χ2v) is 11.5. The van der Waals surface area contributed by atoms with Gasteiger partial charge in [0, 0.05) is 16.2 Å². The van der Waals surface area contributed by atoms with Gasteiger partial charge in [-0.3, -0.25) is 13.9 Å². The van der Waals surface area contributed by atoms with Gasteiger partial charge < -0.3 is 15.0 Å². The van der Waals surface area contributed by atoms with Gasteiger partial charge in [0.05, 0.1) is 19.1 Å². The molecule has 0 aliphatic carbocycles. The third kappa shape index (κ3) is 8.38. The highest BCUT2D eigenvalue weighted by atomic mass is 127. The van der Waals surface area contributed by atoms with Crippen molar-refractivity contribution in [2.45, 2.75) is 52.2 Å². The van der Waals surface area contributed by atoms with Crippen molar-refractivity contribution in [2.75, 3.05) is 24.2 Å². The highest BCUT2D eigenvalue weighted by Gasteiger charge is 2.32. The highest BCUT2D eigenvalue weighted by Crippen LogP contribution is 2.22. The molecule has 0 unspecified atom stereocenters. The fourth-order valence-corrected chi connectivity index (χ4v) is 4.76. The highest BCUT2D eigenvalue weighted by molar-refractivity contribution is 14.1. The number of hydrogen-bond acceptors (Lipinski definition) is 5. The molecule has 2 atom stereocenters. The molecule has 192 valence electrons. The second-order valence-electron chi connectivity index (χ2n) is 8.36. The number of nitrogens with zero attached hydrogens (tertiary/aromatic N) is 2. The van der Waals surface area contributed by atoms with Crippen molar-refractivity contribution in [3.8, 4) is 5.75 Å². The lowest BCUT2D eigenvalue weighted by Gasteiger charge is -2.33. The summed E-state index contributed by atoms with van der Waals surface area (Å²) >= 11 is 2.13. The van der Waals surface area contributed by atoms with Crippen LogP contribution in [0.1, 0.15) is 39.2 Å². The summed E-state index contributed by atoms with van der Waals surface area (Å²) in [6.07, 6.45) is 2.19. The fourth-order valence-electron chi connectivity index (χ4n) is 3.55. The third-order valence-corrected chi connectivity index (χ3v) is 7.53. The van der Waals surface area contributed by atoms with Crippen LogP contribution in [-0.2, 0) is 26.2 Å². The Balaban J connectivity index is 2.44. The minimum absolute atomic E-state index is 0.0513. The number of carbonyl (C=O) groups is 2. The lowest BCUT2D eigenvalue weighted by Crippen LogP contribution is -2.53. The van der Waals surface area contributed by atoms with Crippen LogP contribution in [0.4, 0.5) is 5.69 Å². The first-order valence-corrected chi connectivity index (χ1v) is 14.4. The van der Waals surface area contributed by atoms with Gasteiger partial charge in [-0.05, 0) is 84.3 Å². The minimum Gasteiger partial charge on any atom is -0.497 e. The number of benzene rings is 2. The molecule has 2 amide bonds. The van der Waals surface area contributed by atoms with E-state index < -0.39 is 28.5 Å². The van der Waals surface area contributed by atoms with Gasteiger partial charge in [-0.2, -0.15) is 0 Å². The maximum absolute atomic E-state index is 13.7. The van der Waals surface area contributed by atoms with Crippen LogP contribution >= 0.6 is 22.6 Å². The largest absolute Gasteiger partial charge is 0.497 e. The van der Waals surface area contributed by atoms with E-state index in [0.29, 0.717) is 17.9 Å². The Kier molecular flexibility index (Phi) is 10.8. The zero-order valence-electron chi connectivity index (χ0n) is 20.8. The van der Waals surface area contributed by atoms with E-state index in [9.17, 15) is 18.0 Å². The number of carbonyl (C=O) groups excluding carboxylic acids is 2. The predicted octanol–water partition coefficient (Wildman–Crippen LogP) is 3.79. The summed E-state index contributed by atoms with van der Waals surface area (Å²) in [6, 6.07) is 13.3. The van der Waals surface area contributed by atoms with Crippen molar-refractivity contribution in [3.63, 3.8) is 0 Å². The average molecular weight is 616 g/mol. The Hall–Kier alpha value is -2.34. The van der Waals surface area contributed by atoms with Gasteiger partial charge >= 0.3 is 0 Å². The predicted molar refractivity (Wildman–Crippen MR) is 147 cm³/mol. The van der Waals surface area contributed by atoms with E-state index in [0.717, 1.165) is 26.1 Å². The number of halogens is 1. The van der Waals surface area contributed by atoms with Gasteiger partial charge in [-0.15, -0.1) is 0 Å². The Morgan fingerprint density at radius 1 is 1.09 bits per heavy atom. The molecule has 2 rings (SSSR count). The molecule has 0 aliphatic rings. The first-order valence-electron chi connectivity index (χ1n) is 11.5. The molecule has 8 nitrogen and oxygen atoms in total. The zero-order valence-corrected chi connectivity index (χ0v) is 23.8. The van der Waals surface area contributed by atoms with Crippen LogP contribution in [0, 0.1) is 3.57 Å². The Labute approximate surface area is 222 Å². The van der Waals surface area contributed by atoms with Crippen LogP contribution in [0.2, 0.25) is 0 Å². The van der Waals surface area contributed by atoms with Crippen molar-refractivity contribution in [1.82, 2.24) is 10.2 Å². The molecule has 0 saturated carbocycles. The number of rotatable bonds is 12. The molecule has 0 radical (unpaired) electrons. The summed E-state index contributed by atoms with van der Waals surface area (Å²) in [5.41, 5.74) is 1.16. The summed E-state index contributed by atoms with van der Waals surface area (Å²) in [6.45, 7) is 5.42. The van der Waals surface area contributed by atoms with Crippen molar-refractivity contribution >= 4 is 50.1 Å². The molecule has 1 N–H and O–H groups in total. The molecule has 2 aromatic carbocycles. The van der Waals surface area contributed by atoms with E-state index >= 15 is 0 Å². The van der Waals surface area contributed by atoms with Crippen molar-refractivity contribution < 1.29 is 22.7 Å². The summed E-state index contributed by atoms with van der Waals surface area (Å²) in [5.74, 6) is -0.107. The summed E-state index contributed by atoms with van der Waals surface area (Å²) in [5, 5.41) is 2.96. The molecular weight excluding hydrogens is 581 g/mol. The topological polar surface area (TPSA) is 96.0 Å². The van der Waals surface area contributed by atoms with Crippen molar-refractivity contribution in [1.29, 1.82) is 0 Å². The molecule has 10 heteroatoms. The third-order valence-electron chi connectivity index (χ3n) is 5.67. The van der Waals surface area contributed by atoms with E-state index in [2.05, 4.69) is 27.9 Å². The maximum Gasteiger partial charge on any atom is 0.244 e. The Bertz CT molecular complexity index is 1110. The van der Waals surface area contributed by atoms with E-state index in [1.165, 1.54) is 4.90 Å². The van der Waals surface area contributed by atoms with Gasteiger partial charge in [-0.25, -0.2) is 8.42 Å². The van der Waals surface area contributed by atoms with Crippen LogP contribution < -0.4 is 14.4 Å². The molecule has 0 aromatic heterocycles. The van der Waals surface area contributed by atoms with E-state index in [1.807, 2.05) is 32.9 Å². The van der Waals surface area contributed by atoms with Gasteiger partial charge in [0.1, 0.15) is 18.3 Å². The standard InChI is InChI=1S/C25H34IN3O5S/c1-6-18(3)27-25(31)23(7-2)28(16-19-9-8-10-22(15-19)34-4)24(30)17-29(35(5,32)33)21-13-11-20(26)12-14-21/h8-15,18,23H,6-7,16-17H2,1-5H3,(H,27,31)/t18-,23+/m0/s1. The van der Waals surface area contributed by atoms with E-state index in [1.54, 1.807) is 43.5 Å². The average Bonchev–Trinajstić information content (AvgIpc) is 2.82. The van der Waals surface area contributed by atoms with Crippen molar-refractivity contribution in [2.24, 2.45) is 0 Å². The minimum atomic E-state index is -3.76. The Morgan fingerprint density at radius 3 is 2.29 bits per heavy atom. The van der Waals surface area contributed by atoms with Crippen LogP contribution in [0.25, 0.3) is 0 Å². The smallest absolute Gasteiger partial charge is 0.244 e. The van der Waals surface area contributed by atoms with Crippen LogP contribution in [0.3, 0.4) is 0 Å². The zero-order chi connectivity index (χ0) is 26.2. The van der Waals surface area contributed by atoms with Crippen molar-refractivity contribution in [3.05, 3.63) is 57.7 Å².